The Morgan fingerprint density at radius 3 is 2.38 bits per heavy atom. The Labute approximate surface area is 85.1 Å². The zero-order chi connectivity index (χ0) is 12.2. The molecule has 0 unspecified atom stereocenters. The van der Waals surface area contributed by atoms with Gasteiger partial charge in [0.25, 0.3) is 5.92 Å². The van der Waals surface area contributed by atoms with Crippen molar-refractivity contribution in [1.29, 1.82) is 0 Å². The zero-order valence-electron chi connectivity index (χ0n) is 7.60. The third kappa shape index (κ3) is 1.45. The number of fused-ring (bicyclic) bond motifs is 1. The summed E-state index contributed by atoms with van der Waals surface area (Å²) in [6.07, 6.45) is -1.63. The highest BCUT2D eigenvalue weighted by Gasteiger charge is 2.66. The molecule has 0 aliphatic carbocycles. The summed E-state index contributed by atoms with van der Waals surface area (Å²) in [7, 11) is 0. The molecule has 1 aliphatic rings. The number of alkyl halides is 6. The molecule has 3 nitrogen and oxygen atoms in total. The van der Waals surface area contributed by atoms with Gasteiger partial charge in [0.15, 0.2) is 0 Å². The Hall–Kier alpha value is -1.28. The maximum atomic E-state index is 13.2. The fraction of sp³-hybridized carbons (Fsp3) is 0.714. The van der Waals surface area contributed by atoms with Crippen LogP contribution in [0.2, 0.25) is 0 Å². The summed E-state index contributed by atoms with van der Waals surface area (Å²) in [5.74, 6) is -15.0. The van der Waals surface area contributed by atoms with Crippen molar-refractivity contribution < 1.29 is 26.3 Å². The van der Waals surface area contributed by atoms with Crippen LogP contribution in [0.1, 0.15) is 12.2 Å². The summed E-state index contributed by atoms with van der Waals surface area (Å²) in [6, 6.07) is 0. The summed E-state index contributed by atoms with van der Waals surface area (Å²) >= 11 is 0. The number of hydrogen-bond donors (Lipinski definition) is 0. The van der Waals surface area contributed by atoms with Crippen LogP contribution in [-0.2, 0) is 12.5 Å². The monoisotopic (exact) mass is 245 g/mol. The van der Waals surface area contributed by atoms with Crippen molar-refractivity contribution in [2.75, 3.05) is 0 Å². The average Bonchev–Trinajstić information content (AvgIpc) is 2.46. The van der Waals surface area contributed by atoms with E-state index in [-0.39, 0.29) is 4.57 Å². The van der Waals surface area contributed by atoms with Crippen molar-refractivity contribution in [3.05, 3.63) is 12.2 Å². The third-order valence-corrected chi connectivity index (χ3v) is 2.24. The van der Waals surface area contributed by atoms with E-state index < -0.39 is 36.6 Å². The van der Waals surface area contributed by atoms with E-state index in [1.54, 1.807) is 0 Å². The number of hydrogen-bond acceptors (Lipinski definition) is 2. The lowest BCUT2D eigenvalue weighted by atomic mass is 10.1. The van der Waals surface area contributed by atoms with E-state index in [0.717, 1.165) is 0 Å². The fourth-order valence-electron chi connectivity index (χ4n) is 1.52. The molecule has 1 aliphatic heterocycles. The van der Waals surface area contributed by atoms with Crippen LogP contribution in [0.5, 0.6) is 0 Å². The summed E-state index contributed by atoms with van der Waals surface area (Å²) in [5.41, 5.74) is 0. The Bertz CT molecular complexity index is 412. The molecule has 0 N–H and O–H groups in total. The molecule has 0 fully saturated rings. The van der Waals surface area contributed by atoms with Crippen molar-refractivity contribution in [3.63, 3.8) is 0 Å². The molecule has 90 valence electrons. The molecule has 0 saturated heterocycles. The van der Waals surface area contributed by atoms with Gasteiger partial charge in [0, 0.05) is 0 Å². The molecule has 16 heavy (non-hydrogen) atoms. The minimum absolute atomic E-state index is 0.251. The molecule has 0 saturated carbocycles. The van der Waals surface area contributed by atoms with Gasteiger partial charge in [-0.25, -0.2) is 8.78 Å². The first-order valence-corrected chi connectivity index (χ1v) is 4.17. The van der Waals surface area contributed by atoms with E-state index >= 15 is 0 Å². The first kappa shape index (κ1) is 11.2. The van der Waals surface area contributed by atoms with Crippen molar-refractivity contribution in [2.45, 2.75) is 30.7 Å². The lowest BCUT2D eigenvalue weighted by Crippen LogP contribution is -2.41. The van der Waals surface area contributed by atoms with Crippen LogP contribution >= 0.6 is 0 Å². The number of aromatic nitrogens is 3. The van der Waals surface area contributed by atoms with Gasteiger partial charge in [-0.3, -0.25) is 0 Å². The Kier molecular flexibility index (Phi) is 2.02. The topological polar surface area (TPSA) is 30.7 Å². The normalized spacial score (nSPS) is 25.9. The molecule has 1 aromatic rings. The molecule has 2 rings (SSSR count). The quantitative estimate of drug-likeness (QED) is 0.655. The first-order chi connectivity index (χ1) is 7.16. The maximum absolute atomic E-state index is 13.2. The van der Waals surface area contributed by atoms with E-state index in [4.69, 9.17) is 0 Å². The second kappa shape index (κ2) is 2.89. The van der Waals surface area contributed by atoms with Gasteiger partial charge in [0.1, 0.15) is 6.33 Å². The molecule has 9 heteroatoms. The molecule has 0 radical (unpaired) electrons. The van der Waals surface area contributed by atoms with Crippen LogP contribution in [0, 0.1) is 0 Å². The lowest BCUT2D eigenvalue weighted by Gasteiger charge is -2.24. The predicted molar refractivity (Wildman–Crippen MR) is 38.4 cm³/mol. The smallest absolute Gasteiger partial charge is 0.306 e. The Morgan fingerprint density at radius 2 is 1.75 bits per heavy atom. The number of nitrogens with zero attached hydrogens (tertiary/aromatic N) is 3. The highest BCUT2D eigenvalue weighted by Crippen LogP contribution is 2.49. The largest absolute Gasteiger partial charge is 0.368 e. The van der Waals surface area contributed by atoms with Gasteiger partial charge in [-0.15, -0.1) is 10.2 Å². The van der Waals surface area contributed by atoms with Crippen LogP contribution in [0.25, 0.3) is 0 Å². The predicted octanol–water partition coefficient (Wildman–Crippen LogP) is 2.04. The second-order valence-electron chi connectivity index (χ2n) is 3.59. The molecule has 0 bridgehead atoms. The standard InChI is InChI=1S/C7H5F6N3/c8-5(9)1-6(10,11)7(12,13)4-15-14-3-16(4)2-5/h3H,1-2H2. The van der Waals surface area contributed by atoms with Gasteiger partial charge in [-0.2, -0.15) is 17.6 Å². The summed E-state index contributed by atoms with van der Waals surface area (Å²) < 4.78 is 78.6. The second-order valence-corrected chi connectivity index (χ2v) is 3.59. The molecular formula is C7H5F6N3. The van der Waals surface area contributed by atoms with Crippen molar-refractivity contribution in [2.24, 2.45) is 0 Å². The average molecular weight is 245 g/mol. The van der Waals surface area contributed by atoms with Crippen LogP contribution in [0.3, 0.4) is 0 Å². The number of halogens is 6. The van der Waals surface area contributed by atoms with Crippen molar-refractivity contribution in [3.8, 4) is 0 Å². The van der Waals surface area contributed by atoms with Gasteiger partial charge in [0.05, 0.1) is 13.0 Å². The molecule has 0 atom stereocenters. The van der Waals surface area contributed by atoms with Gasteiger partial charge in [-0.05, 0) is 0 Å². The zero-order valence-corrected chi connectivity index (χ0v) is 7.60. The molecule has 0 amide bonds. The molecule has 2 heterocycles. The van der Waals surface area contributed by atoms with Crippen molar-refractivity contribution in [1.82, 2.24) is 14.8 Å². The lowest BCUT2D eigenvalue weighted by molar-refractivity contribution is -0.242. The van der Waals surface area contributed by atoms with Gasteiger partial charge < -0.3 is 4.57 Å². The molecule has 0 aromatic carbocycles. The Morgan fingerprint density at radius 1 is 1.12 bits per heavy atom. The first-order valence-electron chi connectivity index (χ1n) is 4.17. The summed E-state index contributed by atoms with van der Waals surface area (Å²) in [5, 5.41) is 5.72. The van der Waals surface area contributed by atoms with Crippen LogP contribution in [-0.4, -0.2) is 26.6 Å². The minimum atomic E-state index is -4.85. The third-order valence-electron chi connectivity index (χ3n) is 2.24. The van der Waals surface area contributed by atoms with Crippen molar-refractivity contribution >= 4 is 0 Å². The van der Waals surface area contributed by atoms with Crippen LogP contribution in [0.15, 0.2) is 6.33 Å². The molecule has 0 spiro atoms. The van der Waals surface area contributed by atoms with E-state index in [1.807, 2.05) is 0 Å². The van der Waals surface area contributed by atoms with E-state index in [9.17, 15) is 26.3 Å². The fourth-order valence-corrected chi connectivity index (χ4v) is 1.52. The van der Waals surface area contributed by atoms with E-state index in [0.29, 0.717) is 6.33 Å². The van der Waals surface area contributed by atoms with Crippen LogP contribution < -0.4 is 0 Å². The van der Waals surface area contributed by atoms with E-state index in [2.05, 4.69) is 10.2 Å². The van der Waals surface area contributed by atoms with Crippen LogP contribution in [0.4, 0.5) is 26.3 Å². The highest BCUT2D eigenvalue weighted by molar-refractivity contribution is 5.08. The minimum Gasteiger partial charge on any atom is -0.306 e. The van der Waals surface area contributed by atoms with Gasteiger partial charge in [-0.1, -0.05) is 0 Å². The maximum Gasteiger partial charge on any atom is 0.368 e. The Balaban J connectivity index is 2.59. The highest BCUT2D eigenvalue weighted by atomic mass is 19.3. The SMILES string of the molecule is FC1(F)Cn2cnnc2C(F)(F)C(F)(F)C1. The van der Waals surface area contributed by atoms with E-state index in [1.165, 1.54) is 0 Å². The van der Waals surface area contributed by atoms with Gasteiger partial charge in [0.2, 0.25) is 5.82 Å². The number of rotatable bonds is 0. The molecule has 1 aromatic heterocycles. The summed E-state index contributed by atoms with van der Waals surface area (Å²) in [4.78, 5) is 0. The summed E-state index contributed by atoms with van der Waals surface area (Å²) in [6.45, 7) is -1.28. The molecular weight excluding hydrogens is 240 g/mol. The van der Waals surface area contributed by atoms with Gasteiger partial charge >= 0.3 is 11.8 Å².